The van der Waals surface area contributed by atoms with E-state index in [9.17, 15) is 33.9 Å². The third kappa shape index (κ3) is 9.75. The van der Waals surface area contributed by atoms with E-state index in [2.05, 4.69) is 31.2 Å². The maximum Gasteiger partial charge on any atom is 0.404 e. The van der Waals surface area contributed by atoms with Crippen LogP contribution in [0.3, 0.4) is 0 Å². The summed E-state index contributed by atoms with van der Waals surface area (Å²) in [5.41, 5.74) is 5.10. The number of nitrogens with one attached hydrogen (secondary N) is 3. The summed E-state index contributed by atoms with van der Waals surface area (Å²) < 4.78 is 1.48. The van der Waals surface area contributed by atoms with Gasteiger partial charge in [0, 0.05) is 31.1 Å². The number of fused-ring (bicyclic) bond motifs is 1. The van der Waals surface area contributed by atoms with E-state index in [-0.39, 0.29) is 38.3 Å². The number of benzene rings is 1. The van der Waals surface area contributed by atoms with Gasteiger partial charge in [-0.25, -0.2) is 9.48 Å². The number of aliphatic hydroxyl groups is 1. The minimum absolute atomic E-state index is 0.00966. The lowest BCUT2D eigenvalue weighted by molar-refractivity contribution is -0.142. The first kappa shape index (κ1) is 39.8. The maximum absolute atomic E-state index is 14.8. The third-order valence-corrected chi connectivity index (χ3v) is 10.3. The molecule has 3 aromatic rings. The number of unbranched alkanes of at least 4 members (excludes halogenated alkanes) is 1. The number of ketones is 1. The minimum Gasteiger partial charge on any atom is -0.465 e. The quantitative estimate of drug-likeness (QED) is 0.0912. The van der Waals surface area contributed by atoms with E-state index in [1.165, 1.54) is 15.8 Å². The largest absolute Gasteiger partial charge is 0.465 e. The summed E-state index contributed by atoms with van der Waals surface area (Å²) in [6.45, 7) is 3.19. The number of nitrogens with zero attached hydrogens (tertiary/aromatic N) is 5. The second-order valence-electron chi connectivity index (χ2n) is 14.7. The highest BCUT2D eigenvalue weighted by molar-refractivity contribution is 6.37. The highest BCUT2D eigenvalue weighted by Crippen LogP contribution is 2.34. The molecule has 0 bridgehead atoms. The van der Waals surface area contributed by atoms with Crippen molar-refractivity contribution < 1.29 is 39.0 Å². The Balaban J connectivity index is 1.45. The Bertz CT molecular complexity index is 1850. The normalized spacial score (nSPS) is 18.8. The fraction of sp³-hybridized carbons (Fsp3) is 0.541. The van der Waals surface area contributed by atoms with E-state index < -0.39 is 65.3 Å². The van der Waals surface area contributed by atoms with E-state index in [0.29, 0.717) is 29.6 Å². The van der Waals surface area contributed by atoms with Gasteiger partial charge in [-0.2, -0.15) is 0 Å². The van der Waals surface area contributed by atoms with E-state index in [0.717, 1.165) is 37.5 Å². The predicted molar refractivity (Wildman–Crippen MR) is 195 cm³/mol. The number of amides is 5. The molecule has 5 rings (SSSR count). The van der Waals surface area contributed by atoms with Crippen LogP contribution in [-0.2, 0) is 24.8 Å². The van der Waals surface area contributed by atoms with Gasteiger partial charge in [-0.05, 0) is 57.6 Å². The van der Waals surface area contributed by atoms with E-state index in [1.54, 1.807) is 38.2 Å². The molecular formula is C37H49N9O8. The maximum atomic E-state index is 14.8. The van der Waals surface area contributed by atoms with Gasteiger partial charge in [0.15, 0.2) is 0 Å². The van der Waals surface area contributed by atoms with Crippen molar-refractivity contribution in [1.82, 2.24) is 40.8 Å². The second kappa shape index (κ2) is 17.6. The molecule has 0 radical (unpaired) electrons. The van der Waals surface area contributed by atoms with E-state index in [1.807, 2.05) is 12.1 Å². The molecular weight excluding hydrogens is 698 g/mol. The van der Waals surface area contributed by atoms with Crippen molar-refractivity contribution in [3.8, 4) is 0 Å². The van der Waals surface area contributed by atoms with Crippen LogP contribution >= 0.6 is 0 Å². The third-order valence-electron chi connectivity index (χ3n) is 10.3. The molecule has 3 heterocycles. The number of pyridine rings is 1. The summed E-state index contributed by atoms with van der Waals surface area (Å²) >= 11 is 0. The molecule has 5 amide bonds. The van der Waals surface area contributed by atoms with Gasteiger partial charge in [0.2, 0.25) is 17.6 Å². The van der Waals surface area contributed by atoms with Gasteiger partial charge < -0.3 is 36.8 Å². The fourth-order valence-corrected chi connectivity index (χ4v) is 7.51. The number of nitrogens with two attached hydrogens (primary N) is 1. The molecule has 290 valence electrons. The monoisotopic (exact) mass is 747 g/mol. The van der Waals surface area contributed by atoms with Crippen LogP contribution in [-0.4, -0.2) is 102 Å². The molecule has 17 nitrogen and oxygen atoms in total. The van der Waals surface area contributed by atoms with Crippen LogP contribution in [0.25, 0.3) is 10.9 Å². The number of likely N-dealkylation sites (tertiary alicyclic amines) is 1. The summed E-state index contributed by atoms with van der Waals surface area (Å²) in [7, 11) is 0. The van der Waals surface area contributed by atoms with Gasteiger partial charge in [0.05, 0.1) is 35.1 Å². The standard InChI is InChI=1S/C37H49N9O8/c1-37(2,54)29-20-41-44-46(29)24-19-28(34(50)42-26(31(47)32(38)48)15-6-7-16-40-36(52)53)45(21-24)35(51)27(18-22-10-4-3-5-11-22)43-33(49)25-14-8-12-23-13-9-17-39-30(23)25/h8-9,12-14,17,20,22,24,26-28,40,54H,3-7,10-11,15-16,18-19,21H2,1-2H3,(H2,38,48)(H,42,50)(H,43,49)(H,52,53)/t24-,26?,27?,28-/m0/s1. The number of primary amides is 1. The van der Waals surface area contributed by atoms with Crippen LogP contribution < -0.4 is 21.7 Å². The van der Waals surface area contributed by atoms with Crippen LogP contribution in [0, 0.1) is 5.92 Å². The van der Waals surface area contributed by atoms with Crippen molar-refractivity contribution in [2.75, 3.05) is 13.1 Å². The van der Waals surface area contributed by atoms with Gasteiger partial charge in [0.1, 0.15) is 17.7 Å². The predicted octanol–water partition coefficient (Wildman–Crippen LogP) is 1.94. The zero-order valence-electron chi connectivity index (χ0n) is 30.6. The number of carbonyl (C=O) groups excluding carboxylic acids is 5. The van der Waals surface area contributed by atoms with Crippen LogP contribution in [0.15, 0.2) is 42.7 Å². The molecule has 4 atom stereocenters. The molecule has 1 saturated carbocycles. The molecule has 2 aromatic heterocycles. The fourth-order valence-electron chi connectivity index (χ4n) is 7.51. The molecule has 54 heavy (non-hydrogen) atoms. The summed E-state index contributed by atoms with van der Waals surface area (Å²) in [6.07, 6.45) is 7.57. The molecule has 2 aliphatic rings. The highest BCUT2D eigenvalue weighted by atomic mass is 16.4. The number of para-hydroxylation sites is 1. The summed E-state index contributed by atoms with van der Waals surface area (Å²) in [5, 5.41) is 36.5. The molecule has 1 aromatic carbocycles. The first-order chi connectivity index (χ1) is 25.7. The van der Waals surface area contributed by atoms with Gasteiger partial charge in [0.25, 0.3) is 11.8 Å². The van der Waals surface area contributed by atoms with Crippen molar-refractivity contribution in [2.24, 2.45) is 11.7 Å². The number of carbonyl (C=O) groups is 6. The van der Waals surface area contributed by atoms with Crippen molar-refractivity contribution >= 4 is 46.4 Å². The van der Waals surface area contributed by atoms with Gasteiger partial charge in [-0.3, -0.25) is 29.0 Å². The average molecular weight is 748 g/mol. The van der Waals surface area contributed by atoms with Crippen molar-refractivity contribution in [3.63, 3.8) is 0 Å². The molecule has 2 fully saturated rings. The minimum atomic E-state index is -1.36. The summed E-state index contributed by atoms with van der Waals surface area (Å²) in [6, 6.07) is 4.68. The average Bonchev–Trinajstić information content (AvgIpc) is 3.82. The molecule has 1 aliphatic heterocycles. The Hall–Kier alpha value is -5.45. The van der Waals surface area contributed by atoms with Crippen molar-refractivity contribution in [2.45, 2.75) is 108 Å². The Morgan fingerprint density at radius 3 is 2.44 bits per heavy atom. The summed E-state index contributed by atoms with van der Waals surface area (Å²) in [4.78, 5) is 84.4. The number of hydrogen-bond donors (Lipinski definition) is 6. The first-order valence-corrected chi connectivity index (χ1v) is 18.4. The number of rotatable bonds is 16. The van der Waals surface area contributed by atoms with E-state index in [4.69, 9.17) is 10.8 Å². The lowest BCUT2D eigenvalue weighted by Crippen LogP contribution is -2.56. The number of hydrogen-bond acceptors (Lipinski definition) is 10. The Labute approximate surface area is 312 Å². The van der Waals surface area contributed by atoms with Crippen LogP contribution in [0.4, 0.5) is 4.79 Å². The molecule has 0 spiro atoms. The van der Waals surface area contributed by atoms with Gasteiger partial charge in [-0.1, -0.05) is 55.5 Å². The lowest BCUT2D eigenvalue weighted by Gasteiger charge is -2.32. The van der Waals surface area contributed by atoms with Crippen molar-refractivity contribution in [3.05, 3.63) is 54.0 Å². The van der Waals surface area contributed by atoms with Crippen LogP contribution in [0.2, 0.25) is 0 Å². The summed E-state index contributed by atoms with van der Waals surface area (Å²) in [5.74, 6) is -3.86. The van der Waals surface area contributed by atoms with Crippen molar-refractivity contribution in [1.29, 1.82) is 0 Å². The molecule has 1 saturated heterocycles. The number of Topliss-reactive ketones (excluding diaryl/α,β-unsaturated/α-hetero) is 1. The Morgan fingerprint density at radius 2 is 1.74 bits per heavy atom. The Morgan fingerprint density at radius 1 is 1.00 bits per heavy atom. The van der Waals surface area contributed by atoms with Gasteiger partial charge in [-0.15, -0.1) is 5.10 Å². The zero-order valence-corrected chi connectivity index (χ0v) is 30.6. The van der Waals surface area contributed by atoms with Gasteiger partial charge >= 0.3 is 6.09 Å². The molecule has 1 aliphatic carbocycles. The number of carboxylic acid groups (broad SMARTS) is 1. The lowest BCUT2D eigenvalue weighted by atomic mass is 9.84. The molecule has 7 N–H and O–H groups in total. The van der Waals surface area contributed by atoms with Crippen LogP contribution in [0.5, 0.6) is 0 Å². The zero-order chi connectivity index (χ0) is 39.0. The highest BCUT2D eigenvalue weighted by Gasteiger charge is 2.45. The number of aromatic nitrogens is 4. The second-order valence-corrected chi connectivity index (χ2v) is 14.7. The first-order valence-electron chi connectivity index (χ1n) is 18.4. The van der Waals surface area contributed by atoms with Crippen LogP contribution in [0.1, 0.15) is 100 Å². The SMILES string of the molecule is CC(C)(O)c1cnnn1[C@H]1C[C@@H](C(=O)NC(CCCCNC(=O)O)C(=O)C(N)=O)N(C(=O)C(CC2CCCCC2)NC(=O)c2cccc3cccnc23)C1. The molecule has 2 unspecified atom stereocenters. The van der Waals surface area contributed by atoms with E-state index >= 15 is 0 Å². The topological polar surface area (TPSA) is 252 Å². The Kier molecular flexibility index (Phi) is 12.9. The smallest absolute Gasteiger partial charge is 0.404 e. The molecule has 17 heteroatoms.